The molecule has 33 heavy (non-hydrogen) atoms. The lowest BCUT2D eigenvalue weighted by molar-refractivity contribution is 0.433. The molecule has 0 N–H and O–H groups in total. The van der Waals surface area contributed by atoms with E-state index in [2.05, 4.69) is 9.88 Å². The number of aromatic nitrogens is 3. The van der Waals surface area contributed by atoms with Gasteiger partial charge < -0.3 is 4.90 Å². The molecule has 0 atom stereocenters. The Morgan fingerprint density at radius 1 is 0.848 bits per heavy atom. The number of nitrogens with zero attached hydrogens (tertiary/aromatic N) is 5. The largest absolute Gasteiger partial charge is 0.355 e. The number of anilines is 1. The predicted octanol–water partition coefficient (Wildman–Crippen LogP) is 3.90. The average molecular weight is 460 g/mol. The summed E-state index contributed by atoms with van der Waals surface area (Å²) in [4.78, 5) is 16.4. The van der Waals surface area contributed by atoms with Gasteiger partial charge in [-0.15, -0.1) is 0 Å². The molecule has 2 aromatic carbocycles. The molecule has 0 aliphatic carbocycles. The van der Waals surface area contributed by atoms with E-state index < -0.39 is 10.0 Å². The highest BCUT2D eigenvalue weighted by molar-refractivity contribution is 7.89. The minimum absolute atomic E-state index is 0.341. The van der Waals surface area contributed by atoms with Gasteiger partial charge in [-0.2, -0.15) is 4.31 Å². The normalized spacial score (nSPS) is 15.5. The fourth-order valence-electron chi connectivity index (χ4n) is 4.13. The van der Waals surface area contributed by atoms with Crippen LogP contribution in [0, 0.1) is 6.92 Å². The van der Waals surface area contributed by atoms with E-state index in [1.54, 1.807) is 28.8 Å². The molecule has 1 fully saturated rings. The summed E-state index contributed by atoms with van der Waals surface area (Å²) in [7, 11) is -3.54. The molecule has 168 valence electrons. The van der Waals surface area contributed by atoms with Gasteiger partial charge in [-0.25, -0.2) is 18.4 Å². The summed E-state index contributed by atoms with van der Waals surface area (Å²) < 4.78 is 28.0. The second kappa shape index (κ2) is 8.88. The van der Waals surface area contributed by atoms with Gasteiger partial charge in [0.15, 0.2) is 5.82 Å². The maximum absolute atomic E-state index is 13.2. The van der Waals surface area contributed by atoms with Crippen LogP contribution in [0.25, 0.3) is 22.3 Å². The van der Waals surface area contributed by atoms with Crippen molar-refractivity contribution < 1.29 is 8.42 Å². The molecule has 0 spiro atoms. The Morgan fingerprint density at radius 3 is 2.45 bits per heavy atom. The third-order valence-corrected chi connectivity index (χ3v) is 7.83. The van der Waals surface area contributed by atoms with Crippen molar-refractivity contribution >= 4 is 26.7 Å². The molecule has 0 amide bonds. The van der Waals surface area contributed by atoms with E-state index in [-0.39, 0.29) is 0 Å². The quantitative estimate of drug-likeness (QED) is 0.461. The molecule has 5 rings (SSSR count). The van der Waals surface area contributed by atoms with Crippen LogP contribution in [0.15, 0.2) is 78.0 Å². The van der Waals surface area contributed by atoms with Gasteiger partial charge in [-0.3, -0.25) is 4.98 Å². The van der Waals surface area contributed by atoms with Gasteiger partial charge >= 0.3 is 0 Å². The van der Waals surface area contributed by atoms with Crippen molar-refractivity contribution in [2.75, 3.05) is 31.1 Å². The Labute approximate surface area is 193 Å². The number of aryl methyl sites for hydroxylation is 1. The average Bonchev–Trinajstić information content (AvgIpc) is 3.11. The zero-order valence-corrected chi connectivity index (χ0v) is 19.2. The molecule has 0 bridgehead atoms. The highest BCUT2D eigenvalue weighted by Crippen LogP contribution is 2.29. The summed E-state index contributed by atoms with van der Waals surface area (Å²) >= 11 is 0. The lowest BCUT2D eigenvalue weighted by atomic mass is 10.2. The Bertz CT molecular complexity index is 1380. The summed E-state index contributed by atoms with van der Waals surface area (Å²) in [6.07, 6.45) is 4.20. The van der Waals surface area contributed by atoms with Gasteiger partial charge in [-0.05, 0) is 49.7 Å². The number of hydrogen-bond acceptors (Lipinski definition) is 6. The van der Waals surface area contributed by atoms with Crippen molar-refractivity contribution in [3.8, 4) is 11.4 Å². The van der Waals surface area contributed by atoms with E-state index in [4.69, 9.17) is 9.97 Å². The van der Waals surface area contributed by atoms with Crippen LogP contribution in [-0.2, 0) is 10.0 Å². The van der Waals surface area contributed by atoms with Gasteiger partial charge in [-0.1, -0.05) is 29.8 Å². The molecule has 8 heteroatoms. The molecule has 4 aromatic rings. The van der Waals surface area contributed by atoms with E-state index in [1.165, 1.54) is 0 Å². The summed E-state index contributed by atoms with van der Waals surface area (Å²) in [5.74, 6) is 1.44. The van der Waals surface area contributed by atoms with Crippen molar-refractivity contribution in [3.05, 3.63) is 78.6 Å². The van der Waals surface area contributed by atoms with Crippen LogP contribution in [-0.4, -0.2) is 53.9 Å². The SMILES string of the molecule is Cc1ccc(S(=O)(=O)N2CCCN(c3nc(-c4cccnc4)nc4ccccc34)CC2)cc1. The maximum atomic E-state index is 13.2. The standard InChI is InChI=1S/C25H25N5O2S/c1-19-9-11-21(12-10-19)33(31,32)30-15-5-14-29(16-17-30)25-22-7-2-3-8-23(22)27-24(28-25)20-6-4-13-26-18-20/h2-4,6-13,18H,5,14-17H2,1H3. The maximum Gasteiger partial charge on any atom is 0.243 e. The number of hydrogen-bond donors (Lipinski definition) is 0. The summed E-state index contributed by atoms with van der Waals surface area (Å²) in [5, 5.41) is 0.958. The topological polar surface area (TPSA) is 79.3 Å². The van der Waals surface area contributed by atoms with Crippen LogP contribution in [0.5, 0.6) is 0 Å². The van der Waals surface area contributed by atoms with Gasteiger partial charge in [0.05, 0.1) is 10.4 Å². The van der Waals surface area contributed by atoms with E-state index in [1.807, 2.05) is 55.5 Å². The highest BCUT2D eigenvalue weighted by atomic mass is 32.2. The molecule has 1 aliphatic rings. The van der Waals surface area contributed by atoms with Crippen LogP contribution in [0.4, 0.5) is 5.82 Å². The Hall–Kier alpha value is -3.36. The van der Waals surface area contributed by atoms with Crippen LogP contribution in [0.3, 0.4) is 0 Å². The first-order chi connectivity index (χ1) is 16.0. The van der Waals surface area contributed by atoms with E-state index in [9.17, 15) is 8.42 Å². The van der Waals surface area contributed by atoms with Gasteiger partial charge in [0.2, 0.25) is 10.0 Å². The van der Waals surface area contributed by atoms with Crippen LogP contribution in [0.1, 0.15) is 12.0 Å². The molecular weight excluding hydrogens is 434 g/mol. The number of sulfonamides is 1. The molecule has 2 aromatic heterocycles. The Morgan fingerprint density at radius 2 is 1.67 bits per heavy atom. The molecule has 0 saturated carbocycles. The predicted molar refractivity (Wildman–Crippen MR) is 130 cm³/mol. The van der Waals surface area contributed by atoms with Crippen molar-refractivity contribution in [1.29, 1.82) is 0 Å². The number of pyridine rings is 1. The molecule has 1 saturated heterocycles. The number of fused-ring (bicyclic) bond motifs is 1. The summed E-state index contributed by atoms with van der Waals surface area (Å²) in [6, 6.07) is 18.8. The Kier molecular flexibility index (Phi) is 5.78. The number of rotatable bonds is 4. The zero-order valence-electron chi connectivity index (χ0n) is 18.4. The summed E-state index contributed by atoms with van der Waals surface area (Å²) in [6.45, 7) is 4.10. The van der Waals surface area contributed by atoms with Gasteiger partial charge in [0, 0.05) is 49.5 Å². The van der Waals surface area contributed by atoms with E-state index in [0.717, 1.165) is 27.8 Å². The second-order valence-electron chi connectivity index (χ2n) is 8.19. The monoisotopic (exact) mass is 459 g/mol. The molecule has 0 unspecified atom stereocenters. The number of para-hydroxylation sites is 1. The number of benzene rings is 2. The summed E-state index contributed by atoms with van der Waals surface area (Å²) in [5.41, 5.74) is 2.74. The minimum Gasteiger partial charge on any atom is -0.355 e. The smallest absolute Gasteiger partial charge is 0.243 e. The van der Waals surface area contributed by atoms with Crippen molar-refractivity contribution in [3.63, 3.8) is 0 Å². The van der Waals surface area contributed by atoms with E-state index >= 15 is 0 Å². The zero-order chi connectivity index (χ0) is 22.8. The first-order valence-electron chi connectivity index (χ1n) is 11.0. The fourth-order valence-corrected chi connectivity index (χ4v) is 5.60. The van der Waals surface area contributed by atoms with Crippen molar-refractivity contribution in [2.45, 2.75) is 18.2 Å². The lowest BCUT2D eigenvalue weighted by Crippen LogP contribution is -2.35. The van der Waals surface area contributed by atoms with Gasteiger partial charge in [0.25, 0.3) is 0 Å². The molecule has 7 nitrogen and oxygen atoms in total. The fraction of sp³-hybridized carbons (Fsp3) is 0.240. The third kappa shape index (κ3) is 4.31. The Balaban J connectivity index is 1.47. The van der Waals surface area contributed by atoms with Crippen LogP contribution < -0.4 is 4.90 Å². The van der Waals surface area contributed by atoms with Crippen molar-refractivity contribution in [2.24, 2.45) is 0 Å². The second-order valence-corrected chi connectivity index (χ2v) is 10.1. The van der Waals surface area contributed by atoms with E-state index in [0.29, 0.717) is 43.3 Å². The molecule has 1 aliphatic heterocycles. The lowest BCUT2D eigenvalue weighted by Gasteiger charge is -2.24. The molecule has 0 radical (unpaired) electrons. The van der Waals surface area contributed by atoms with Crippen LogP contribution in [0.2, 0.25) is 0 Å². The first-order valence-corrected chi connectivity index (χ1v) is 12.5. The van der Waals surface area contributed by atoms with Crippen LogP contribution >= 0.6 is 0 Å². The first kappa shape index (κ1) is 21.5. The van der Waals surface area contributed by atoms with Crippen molar-refractivity contribution in [1.82, 2.24) is 19.3 Å². The van der Waals surface area contributed by atoms with Gasteiger partial charge in [0.1, 0.15) is 5.82 Å². The third-order valence-electron chi connectivity index (χ3n) is 5.92. The molecule has 3 heterocycles. The molecular formula is C25H25N5O2S. The highest BCUT2D eigenvalue weighted by Gasteiger charge is 2.28. The minimum atomic E-state index is -3.54.